The Kier molecular flexibility index (Phi) is 4.07. The van der Waals surface area contributed by atoms with Gasteiger partial charge in [-0.25, -0.2) is 0 Å². The molecule has 2 aromatic rings. The monoisotopic (exact) mass is 310 g/mol. The van der Waals surface area contributed by atoms with Crippen molar-refractivity contribution in [3.05, 3.63) is 41.3 Å². The molecule has 0 aliphatic carbocycles. The number of carbonyl (C=O) groups is 1. The minimum Gasteiger partial charge on any atom is -0.491 e. The number of rotatable bonds is 1. The van der Waals surface area contributed by atoms with Gasteiger partial charge in [0.2, 0.25) is 5.91 Å². The quantitative estimate of drug-likeness (QED) is 0.760. The summed E-state index contributed by atoms with van der Waals surface area (Å²) in [6, 6.07) is 7.53. The molecule has 2 heterocycles. The second-order valence-corrected chi connectivity index (χ2v) is 5.59. The molecule has 0 fully saturated rings. The summed E-state index contributed by atoms with van der Waals surface area (Å²) < 4.78 is 10.7. The maximum absolute atomic E-state index is 11.9. The van der Waals surface area contributed by atoms with Crippen LogP contribution in [0.2, 0.25) is 0 Å². The summed E-state index contributed by atoms with van der Waals surface area (Å²) in [6.07, 6.45) is 0.384. The Morgan fingerprint density at radius 2 is 2.17 bits per heavy atom. The van der Waals surface area contributed by atoms with E-state index in [-0.39, 0.29) is 11.8 Å². The van der Waals surface area contributed by atoms with Crippen molar-refractivity contribution in [2.75, 3.05) is 18.6 Å². The van der Waals surface area contributed by atoms with Gasteiger partial charge in [-0.05, 0) is 32.0 Å². The lowest BCUT2D eigenvalue weighted by Gasteiger charge is -2.16. The number of ether oxygens (including phenoxy) is 1. The SMILES string of the molecule is Cc1cc([C@@H](C)C#Cc2ccc3c(c2)N(C)C(=O)CCO3)no1. The van der Waals surface area contributed by atoms with Crippen LogP contribution in [0.15, 0.2) is 28.8 Å². The molecule has 1 atom stereocenters. The number of aryl methyl sites for hydroxylation is 1. The van der Waals surface area contributed by atoms with Crippen molar-refractivity contribution in [1.29, 1.82) is 0 Å². The predicted molar refractivity (Wildman–Crippen MR) is 86.5 cm³/mol. The van der Waals surface area contributed by atoms with E-state index in [1.54, 1.807) is 11.9 Å². The van der Waals surface area contributed by atoms with E-state index in [0.29, 0.717) is 18.8 Å². The Bertz CT molecular complexity index is 798. The van der Waals surface area contributed by atoms with Gasteiger partial charge in [-0.3, -0.25) is 4.79 Å². The van der Waals surface area contributed by atoms with Crippen molar-refractivity contribution in [3.63, 3.8) is 0 Å². The number of carbonyl (C=O) groups excluding carboxylic acids is 1. The number of nitrogens with zero attached hydrogens (tertiary/aromatic N) is 2. The second-order valence-electron chi connectivity index (χ2n) is 5.59. The van der Waals surface area contributed by atoms with E-state index in [1.807, 2.05) is 38.1 Å². The molecule has 0 N–H and O–H groups in total. The summed E-state index contributed by atoms with van der Waals surface area (Å²) in [5.74, 6) is 7.80. The van der Waals surface area contributed by atoms with Crippen LogP contribution in [0, 0.1) is 18.8 Å². The van der Waals surface area contributed by atoms with Gasteiger partial charge in [0.15, 0.2) is 0 Å². The van der Waals surface area contributed by atoms with Gasteiger partial charge in [-0.1, -0.05) is 17.0 Å². The van der Waals surface area contributed by atoms with E-state index < -0.39 is 0 Å². The Labute approximate surface area is 135 Å². The Balaban J connectivity index is 1.86. The molecule has 1 aromatic heterocycles. The molecule has 5 nitrogen and oxygen atoms in total. The molecule has 1 amide bonds. The Hall–Kier alpha value is -2.74. The molecule has 1 aliphatic heterocycles. The molecule has 0 radical (unpaired) electrons. The number of fused-ring (bicyclic) bond motifs is 1. The average molecular weight is 310 g/mol. The summed E-state index contributed by atoms with van der Waals surface area (Å²) in [6.45, 7) is 4.24. The fourth-order valence-corrected chi connectivity index (χ4v) is 2.38. The molecular weight excluding hydrogens is 292 g/mol. The van der Waals surface area contributed by atoms with Crippen LogP contribution in [-0.4, -0.2) is 24.7 Å². The molecule has 0 unspecified atom stereocenters. The Morgan fingerprint density at radius 3 is 2.91 bits per heavy atom. The van der Waals surface area contributed by atoms with Gasteiger partial charge in [0.05, 0.1) is 30.3 Å². The first-order valence-electron chi connectivity index (χ1n) is 7.53. The second kappa shape index (κ2) is 6.17. The van der Waals surface area contributed by atoms with Crippen LogP contribution in [-0.2, 0) is 4.79 Å². The first-order valence-corrected chi connectivity index (χ1v) is 7.53. The van der Waals surface area contributed by atoms with Crippen LogP contribution in [0.25, 0.3) is 0 Å². The number of anilines is 1. The highest BCUT2D eigenvalue weighted by molar-refractivity contribution is 5.95. The smallest absolute Gasteiger partial charge is 0.230 e. The van der Waals surface area contributed by atoms with E-state index in [1.165, 1.54) is 0 Å². The maximum Gasteiger partial charge on any atom is 0.230 e. The summed E-state index contributed by atoms with van der Waals surface area (Å²) in [5.41, 5.74) is 2.41. The predicted octanol–water partition coefficient (Wildman–Crippen LogP) is 2.88. The zero-order valence-corrected chi connectivity index (χ0v) is 13.4. The van der Waals surface area contributed by atoms with Gasteiger partial charge in [0.25, 0.3) is 0 Å². The fraction of sp³-hybridized carbons (Fsp3) is 0.333. The molecule has 0 saturated heterocycles. The van der Waals surface area contributed by atoms with Gasteiger partial charge in [0, 0.05) is 18.7 Å². The highest BCUT2D eigenvalue weighted by Crippen LogP contribution is 2.31. The molecule has 23 heavy (non-hydrogen) atoms. The largest absolute Gasteiger partial charge is 0.491 e. The van der Waals surface area contributed by atoms with Crippen LogP contribution < -0.4 is 9.64 Å². The lowest BCUT2D eigenvalue weighted by Crippen LogP contribution is -2.25. The summed E-state index contributed by atoms with van der Waals surface area (Å²) in [4.78, 5) is 13.6. The van der Waals surface area contributed by atoms with E-state index in [0.717, 1.165) is 22.7 Å². The molecule has 1 aliphatic rings. The lowest BCUT2D eigenvalue weighted by atomic mass is 10.1. The van der Waals surface area contributed by atoms with Crippen molar-refractivity contribution >= 4 is 11.6 Å². The molecule has 0 spiro atoms. The third-order valence-corrected chi connectivity index (χ3v) is 3.79. The third-order valence-electron chi connectivity index (χ3n) is 3.79. The van der Waals surface area contributed by atoms with Gasteiger partial charge in [-0.2, -0.15) is 0 Å². The highest BCUT2D eigenvalue weighted by atomic mass is 16.5. The third kappa shape index (κ3) is 3.21. The van der Waals surface area contributed by atoms with Gasteiger partial charge in [-0.15, -0.1) is 0 Å². The zero-order valence-electron chi connectivity index (χ0n) is 13.4. The highest BCUT2D eigenvalue weighted by Gasteiger charge is 2.19. The molecular formula is C18H18N2O3. The number of hydrogen-bond donors (Lipinski definition) is 0. The average Bonchev–Trinajstić information content (AvgIpc) is 2.93. The van der Waals surface area contributed by atoms with E-state index >= 15 is 0 Å². The van der Waals surface area contributed by atoms with Crippen LogP contribution in [0.1, 0.15) is 36.3 Å². The van der Waals surface area contributed by atoms with E-state index in [2.05, 4.69) is 17.0 Å². The number of hydrogen-bond acceptors (Lipinski definition) is 4. The summed E-state index contributed by atoms with van der Waals surface area (Å²) in [7, 11) is 1.76. The standard InChI is InChI=1S/C18H18N2O3/c1-12(15-10-13(2)23-19-15)4-5-14-6-7-17-16(11-14)20(3)18(21)8-9-22-17/h6-7,10-12H,8-9H2,1-3H3/t12-/m0/s1. The molecule has 0 bridgehead atoms. The van der Waals surface area contributed by atoms with Crippen molar-refractivity contribution < 1.29 is 14.1 Å². The lowest BCUT2D eigenvalue weighted by molar-refractivity contribution is -0.118. The number of aromatic nitrogens is 1. The topological polar surface area (TPSA) is 55.6 Å². The van der Waals surface area contributed by atoms with Crippen molar-refractivity contribution in [2.24, 2.45) is 0 Å². The molecule has 118 valence electrons. The number of amides is 1. The van der Waals surface area contributed by atoms with Crippen molar-refractivity contribution in [3.8, 4) is 17.6 Å². The van der Waals surface area contributed by atoms with Crippen LogP contribution in [0.5, 0.6) is 5.75 Å². The van der Waals surface area contributed by atoms with Crippen LogP contribution >= 0.6 is 0 Å². The van der Waals surface area contributed by atoms with E-state index in [4.69, 9.17) is 9.26 Å². The summed E-state index contributed by atoms with van der Waals surface area (Å²) in [5, 5.41) is 3.98. The zero-order chi connectivity index (χ0) is 16.4. The fourth-order valence-electron chi connectivity index (χ4n) is 2.38. The first-order chi connectivity index (χ1) is 11.0. The number of benzene rings is 1. The molecule has 1 aromatic carbocycles. The van der Waals surface area contributed by atoms with Gasteiger partial charge < -0.3 is 14.2 Å². The first kappa shape index (κ1) is 15.2. The van der Waals surface area contributed by atoms with Crippen LogP contribution in [0.3, 0.4) is 0 Å². The van der Waals surface area contributed by atoms with Crippen molar-refractivity contribution in [2.45, 2.75) is 26.2 Å². The van der Waals surface area contributed by atoms with Gasteiger partial charge >= 0.3 is 0 Å². The maximum atomic E-state index is 11.9. The van der Waals surface area contributed by atoms with Crippen molar-refractivity contribution in [1.82, 2.24) is 5.16 Å². The van der Waals surface area contributed by atoms with Crippen LogP contribution in [0.4, 0.5) is 5.69 Å². The van der Waals surface area contributed by atoms with E-state index in [9.17, 15) is 4.79 Å². The Morgan fingerprint density at radius 1 is 1.35 bits per heavy atom. The summed E-state index contributed by atoms with van der Waals surface area (Å²) >= 11 is 0. The molecule has 0 saturated carbocycles. The van der Waals surface area contributed by atoms with Gasteiger partial charge in [0.1, 0.15) is 11.5 Å². The minimum atomic E-state index is -0.0260. The minimum absolute atomic E-state index is 0.0260. The normalized spacial score (nSPS) is 15.1. The molecule has 5 heteroatoms. The molecule has 3 rings (SSSR count).